The van der Waals surface area contributed by atoms with E-state index in [2.05, 4.69) is 19.2 Å². The van der Waals surface area contributed by atoms with Crippen LogP contribution in [0.15, 0.2) is 24.3 Å². The second-order valence-corrected chi connectivity index (χ2v) is 3.54. The molecule has 0 radical (unpaired) electrons. The standard InChI is InChI=1S/C10H14N2O/c1-7(2)12-9-6-4-3-5-8(9)11-10(12)13/h3-7,10-11,13H,1-2H3. The first kappa shape index (κ1) is 8.38. The summed E-state index contributed by atoms with van der Waals surface area (Å²) in [5, 5.41) is 12.7. The van der Waals surface area contributed by atoms with Gasteiger partial charge in [0.25, 0.3) is 0 Å². The first-order chi connectivity index (χ1) is 6.20. The number of anilines is 2. The van der Waals surface area contributed by atoms with Crippen molar-refractivity contribution < 1.29 is 5.11 Å². The summed E-state index contributed by atoms with van der Waals surface area (Å²) in [6, 6.07) is 8.22. The van der Waals surface area contributed by atoms with Gasteiger partial charge in [0.05, 0.1) is 11.4 Å². The van der Waals surface area contributed by atoms with Crippen LogP contribution in [0.3, 0.4) is 0 Å². The van der Waals surface area contributed by atoms with Crippen LogP contribution in [0.25, 0.3) is 0 Å². The molecule has 0 aliphatic carbocycles. The molecule has 0 saturated carbocycles. The van der Waals surface area contributed by atoms with E-state index in [1.807, 2.05) is 29.2 Å². The van der Waals surface area contributed by atoms with Gasteiger partial charge in [-0.3, -0.25) is 0 Å². The van der Waals surface area contributed by atoms with Crippen LogP contribution in [0.5, 0.6) is 0 Å². The molecule has 13 heavy (non-hydrogen) atoms. The van der Waals surface area contributed by atoms with Gasteiger partial charge >= 0.3 is 0 Å². The average molecular weight is 178 g/mol. The van der Waals surface area contributed by atoms with E-state index in [0.29, 0.717) is 6.04 Å². The minimum absolute atomic E-state index is 0.297. The van der Waals surface area contributed by atoms with Crippen LogP contribution in [0.1, 0.15) is 13.8 Å². The van der Waals surface area contributed by atoms with Gasteiger partial charge in [-0.15, -0.1) is 0 Å². The topological polar surface area (TPSA) is 35.5 Å². The molecule has 1 aliphatic rings. The first-order valence-electron chi connectivity index (χ1n) is 4.52. The highest BCUT2D eigenvalue weighted by atomic mass is 16.3. The van der Waals surface area contributed by atoms with Crippen LogP contribution in [0, 0.1) is 0 Å². The van der Waals surface area contributed by atoms with E-state index < -0.39 is 6.35 Å². The molecule has 0 saturated heterocycles. The molecule has 3 nitrogen and oxygen atoms in total. The van der Waals surface area contributed by atoms with Crippen molar-refractivity contribution in [1.82, 2.24) is 0 Å². The molecule has 1 aromatic carbocycles. The molecule has 0 aromatic heterocycles. The van der Waals surface area contributed by atoms with E-state index in [9.17, 15) is 5.11 Å². The zero-order chi connectivity index (χ0) is 9.42. The van der Waals surface area contributed by atoms with E-state index in [-0.39, 0.29) is 0 Å². The number of nitrogens with one attached hydrogen (secondary N) is 1. The molecule has 2 N–H and O–H groups in total. The summed E-state index contributed by atoms with van der Waals surface area (Å²) in [4.78, 5) is 1.95. The molecule has 0 bridgehead atoms. The molecule has 70 valence electrons. The fourth-order valence-electron chi connectivity index (χ4n) is 1.72. The number of aliphatic hydroxyl groups excluding tert-OH is 1. The third kappa shape index (κ3) is 1.25. The fourth-order valence-corrected chi connectivity index (χ4v) is 1.72. The number of para-hydroxylation sites is 2. The van der Waals surface area contributed by atoms with Crippen molar-refractivity contribution in [3.63, 3.8) is 0 Å². The first-order valence-corrected chi connectivity index (χ1v) is 4.52. The van der Waals surface area contributed by atoms with Gasteiger partial charge in [-0.05, 0) is 26.0 Å². The van der Waals surface area contributed by atoms with E-state index >= 15 is 0 Å². The number of fused-ring (bicyclic) bond motifs is 1. The van der Waals surface area contributed by atoms with E-state index in [0.717, 1.165) is 11.4 Å². The summed E-state index contributed by atoms with van der Waals surface area (Å²) < 4.78 is 0. The van der Waals surface area contributed by atoms with Gasteiger partial charge in [0, 0.05) is 6.04 Å². The zero-order valence-corrected chi connectivity index (χ0v) is 7.86. The van der Waals surface area contributed by atoms with Gasteiger partial charge < -0.3 is 15.3 Å². The van der Waals surface area contributed by atoms with E-state index in [1.165, 1.54) is 0 Å². The van der Waals surface area contributed by atoms with Gasteiger partial charge in [0.15, 0.2) is 0 Å². The highest BCUT2D eigenvalue weighted by molar-refractivity contribution is 5.75. The Labute approximate surface area is 78.0 Å². The number of rotatable bonds is 1. The molecule has 1 unspecified atom stereocenters. The van der Waals surface area contributed by atoms with Crippen LogP contribution >= 0.6 is 0 Å². The monoisotopic (exact) mass is 178 g/mol. The molecule has 0 amide bonds. The van der Waals surface area contributed by atoms with Crippen LogP contribution in [-0.4, -0.2) is 17.5 Å². The SMILES string of the molecule is CC(C)N1c2ccccc2NC1O. The minimum atomic E-state index is -0.586. The van der Waals surface area contributed by atoms with Crippen molar-refractivity contribution in [2.45, 2.75) is 26.2 Å². The molecule has 3 heteroatoms. The van der Waals surface area contributed by atoms with Crippen molar-refractivity contribution in [1.29, 1.82) is 0 Å². The Morgan fingerprint density at radius 1 is 1.38 bits per heavy atom. The highest BCUT2D eigenvalue weighted by Gasteiger charge is 2.27. The number of nitrogens with zero attached hydrogens (tertiary/aromatic N) is 1. The highest BCUT2D eigenvalue weighted by Crippen LogP contribution is 2.34. The second kappa shape index (κ2) is 2.92. The van der Waals surface area contributed by atoms with E-state index in [4.69, 9.17) is 0 Å². The summed E-state index contributed by atoms with van der Waals surface area (Å²) in [7, 11) is 0. The van der Waals surface area contributed by atoms with Crippen molar-refractivity contribution in [3.05, 3.63) is 24.3 Å². The summed E-state index contributed by atoms with van der Waals surface area (Å²) in [5.74, 6) is 0. The lowest BCUT2D eigenvalue weighted by Gasteiger charge is -2.26. The van der Waals surface area contributed by atoms with E-state index in [1.54, 1.807) is 0 Å². The summed E-state index contributed by atoms with van der Waals surface area (Å²) in [6.07, 6.45) is -0.586. The van der Waals surface area contributed by atoms with Crippen LogP contribution < -0.4 is 10.2 Å². The average Bonchev–Trinajstić information content (AvgIpc) is 2.39. The summed E-state index contributed by atoms with van der Waals surface area (Å²) >= 11 is 0. The normalized spacial score (nSPS) is 20.3. The Balaban J connectivity index is 2.40. The predicted octanol–water partition coefficient (Wildman–Crippen LogP) is 1.60. The summed E-state index contributed by atoms with van der Waals surface area (Å²) in [6.45, 7) is 4.12. The lowest BCUT2D eigenvalue weighted by atomic mass is 10.2. The Morgan fingerprint density at radius 2 is 2.08 bits per heavy atom. The van der Waals surface area contributed by atoms with Crippen molar-refractivity contribution >= 4 is 11.4 Å². The Hall–Kier alpha value is -1.22. The van der Waals surface area contributed by atoms with Crippen molar-refractivity contribution in [2.24, 2.45) is 0 Å². The van der Waals surface area contributed by atoms with Crippen molar-refractivity contribution in [2.75, 3.05) is 10.2 Å². The Bertz CT molecular complexity index is 312. The number of hydrogen-bond donors (Lipinski definition) is 2. The molecular formula is C10H14N2O. The maximum atomic E-state index is 9.70. The fraction of sp³-hybridized carbons (Fsp3) is 0.400. The Kier molecular flexibility index (Phi) is 1.88. The molecule has 2 rings (SSSR count). The molecule has 1 heterocycles. The smallest absolute Gasteiger partial charge is 0.205 e. The molecule has 1 aromatic rings. The predicted molar refractivity (Wildman–Crippen MR) is 53.7 cm³/mol. The van der Waals surface area contributed by atoms with Crippen LogP contribution in [0.2, 0.25) is 0 Å². The minimum Gasteiger partial charge on any atom is -0.356 e. The maximum Gasteiger partial charge on any atom is 0.205 e. The summed E-state index contributed by atoms with van der Waals surface area (Å²) in [5.41, 5.74) is 2.08. The lowest BCUT2D eigenvalue weighted by Crippen LogP contribution is -2.40. The molecule has 1 aliphatic heterocycles. The lowest BCUT2D eigenvalue weighted by molar-refractivity contribution is 0.196. The third-order valence-electron chi connectivity index (χ3n) is 2.29. The molecule has 0 spiro atoms. The van der Waals surface area contributed by atoms with Crippen molar-refractivity contribution in [3.8, 4) is 0 Å². The van der Waals surface area contributed by atoms with Gasteiger partial charge in [0.2, 0.25) is 6.35 Å². The number of benzene rings is 1. The Morgan fingerprint density at radius 3 is 2.77 bits per heavy atom. The molecule has 0 fully saturated rings. The van der Waals surface area contributed by atoms with Gasteiger partial charge in [-0.25, -0.2) is 0 Å². The maximum absolute atomic E-state index is 9.70. The zero-order valence-electron chi connectivity index (χ0n) is 7.86. The quantitative estimate of drug-likeness (QED) is 0.685. The number of hydrogen-bond acceptors (Lipinski definition) is 3. The van der Waals surface area contributed by atoms with Gasteiger partial charge in [-0.2, -0.15) is 0 Å². The molecule has 1 atom stereocenters. The molecular weight excluding hydrogens is 164 g/mol. The number of aliphatic hydroxyl groups is 1. The van der Waals surface area contributed by atoms with Gasteiger partial charge in [0.1, 0.15) is 0 Å². The second-order valence-electron chi connectivity index (χ2n) is 3.54. The van der Waals surface area contributed by atoms with Crippen LogP contribution in [-0.2, 0) is 0 Å². The van der Waals surface area contributed by atoms with Crippen LogP contribution in [0.4, 0.5) is 11.4 Å². The third-order valence-corrected chi connectivity index (χ3v) is 2.29. The van der Waals surface area contributed by atoms with Gasteiger partial charge in [-0.1, -0.05) is 12.1 Å². The largest absolute Gasteiger partial charge is 0.356 e.